The Balaban J connectivity index is 2.67. The second-order valence-electron chi connectivity index (χ2n) is 6.64. The summed E-state index contributed by atoms with van der Waals surface area (Å²) in [7, 11) is 0. The van der Waals surface area contributed by atoms with E-state index in [1.807, 2.05) is 37.3 Å². The maximum absolute atomic E-state index is 12.5. The van der Waals surface area contributed by atoms with Crippen LogP contribution in [0.1, 0.15) is 39.7 Å². The molecule has 7 nitrogen and oxygen atoms in total. The molecule has 26 heavy (non-hydrogen) atoms. The number of hydrogen-bond acceptors (Lipinski definition) is 4. The van der Waals surface area contributed by atoms with Gasteiger partial charge in [0.05, 0.1) is 0 Å². The summed E-state index contributed by atoms with van der Waals surface area (Å²) >= 11 is 0. The predicted octanol–water partition coefficient (Wildman–Crippen LogP) is 2.55. The van der Waals surface area contributed by atoms with Crippen molar-refractivity contribution in [3.8, 4) is 0 Å². The zero-order valence-corrected chi connectivity index (χ0v) is 15.7. The molecule has 1 rings (SSSR count). The van der Waals surface area contributed by atoms with Crippen LogP contribution in [-0.4, -0.2) is 35.2 Å². The lowest BCUT2D eigenvalue weighted by Gasteiger charge is -2.26. The highest BCUT2D eigenvalue weighted by Crippen LogP contribution is 2.10. The molecule has 0 bridgehead atoms. The number of hydrogen-bond donors (Lipinski definition) is 3. The van der Waals surface area contributed by atoms with E-state index >= 15 is 0 Å². The summed E-state index contributed by atoms with van der Waals surface area (Å²) in [6, 6.07) is 7.29. The van der Waals surface area contributed by atoms with Crippen molar-refractivity contribution in [2.75, 3.05) is 0 Å². The monoisotopic (exact) mass is 364 g/mol. The molecule has 0 fully saturated rings. The molecule has 0 aliphatic rings. The van der Waals surface area contributed by atoms with Gasteiger partial charge in [0.25, 0.3) is 0 Å². The van der Waals surface area contributed by atoms with E-state index in [0.717, 1.165) is 5.56 Å². The Bertz CT molecular complexity index is 603. The van der Waals surface area contributed by atoms with Crippen LogP contribution in [0.5, 0.6) is 0 Å². The molecule has 3 N–H and O–H groups in total. The third-order valence-electron chi connectivity index (χ3n) is 4.21. The molecule has 0 saturated carbocycles. The lowest BCUT2D eigenvalue weighted by Crippen LogP contribution is -2.55. The van der Waals surface area contributed by atoms with Crippen molar-refractivity contribution < 1.29 is 24.2 Å². The number of nitrogens with one attached hydrogen (secondary N) is 2. The number of carbonyl (C=O) groups is 3. The number of aliphatic carboxylic acids is 1. The number of alkyl carbamates (subject to hydrolysis) is 1. The molecule has 0 unspecified atom stereocenters. The van der Waals surface area contributed by atoms with Crippen LogP contribution in [0.4, 0.5) is 4.79 Å². The Morgan fingerprint density at radius 1 is 1.04 bits per heavy atom. The van der Waals surface area contributed by atoms with Gasteiger partial charge >= 0.3 is 12.1 Å². The molecule has 0 aliphatic heterocycles. The number of amides is 2. The van der Waals surface area contributed by atoms with E-state index < -0.39 is 30.1 Å². The predicted molar refractivity (Wildman–Crippen MR) is 97.4 cm³/mol. The summed E-state index contributed by atoms with van der Waals surface area (Å²) < 4.78 is 5.13. The summed E-state index contributed by atoms with van der Waals surface area (Å²) in [6.45, 7) is 7.22. The van der Waals surface area contributed by atoms with Crippen LogP contribution < -0.4 is 10.6 Å². The average molecular weight is 364 g/mol. The molecular formula is C19H28N2O5. The summed E-state index contributed by atoms with van der Waals surface area (Å²) in [6.07, 6.45) is -0.117. The van der Waals surface area contributed by atoms with Gasteiger partial charge in [0, 0.05) is 0 Å². The Morgan fingerprint density at radius 2 is 1.65 bits per heavy atom. The SMILES string of the molecule is CC[C@H](C)[C@H](NC(=O)[C@@H](NC(=O)OCc1ccccc1)C(C)C)C(=O)O. The largest absolute Gasteiger partial charge is 0.480 e. The number of carboxylic acid groups (broad SMARTS) is 1. The van der Waals surface area contributed by atoms with Crippen LogP contribution >= 0.6 is 0 Å². The van der Waals surface area contributed by atoms with Gasteiger partial charge in [-0.15, -0.1) is 0 Å². The Kier molecular flexibility index (Phi) is 8.61. The van der Waals surface area contributed by atoms with E-state index in [0.29, 0.717) is 6.42 Å². The average Bonchev–Trinajstić information content (AvgIpc) is 2.61. The first-order valence-electron chi connectivity index (χ1n) is 8.76. The van der Waals surface area contributed by atoms with Crippen LogP contribution in [0.2, 0.25) is 0 Å². The lowest BCUT2D eigenvalue weighted by atomic mass is 9.97. The van der Waals surface area contributed by atoms with Crippen LogP contribution in [0.3, 0.4) is 0 Å². The highest BCUT2D eigenvalue weighted by Gasteiger charge is 2.31. The van der Waals surface area contributed by atoms with Gasteiger partial charge in [-0.25, -0.2) is 9.59 Å². The van der Waals surface area contributed by atoms with Crippen molar-refractivity contribution in [2.24, 2.45) is 11.8 Å². The van der Waals surface area contributed by atoms with Gasteiger partial charge in [0.15, 0.2) is 0 Å². The highest BCUT2D eigenvalue weighted by molar-refractivity contribution is 5.89. The molecule has 0 spiro atoms. The van der Waals surface area contributed by atoms with Gasteiger partial charge in [-0.3, -0.25) is 4.79 Å². The second-order valence-corrected chi connectivity index (χ2v) is 6.64. The lowest BCUT2D eigenvalue weighted by molar-refractivity contribution is -0.143. The summed E-state index contributed by atoms with van der Waals surface area (Å²) in [5.41, 5.74) is 0.830. The molecule has 0 radical (unpaired) electrons. The fraction of sp³-hybridized carbons (Fsp3) is 0.526. The maximum Gasteiger partial charge on any atom is 0.408 e. The maximum atomic E-state index is 12.5. The molecule has 0 aliphatic carbocycles. The van der Waals surface area contributed by atoms with Crippen molar-refractivity contribution in [2.45, 2.75) is 52.8 Å². The molecule has 0 saturated heterocycles. The van der Waals surface area contributed by atoms with Crippen molar-refractivity contribution >= 4 is 18.0 Å². The smallest absolute Gasteiger partial charge is 0.408 e. The molecular weight excluding hydrogens is 336 g/mol. The molecule has 1 aromatic rings. The van der Waals surface area contributed by atoms with Crippen LogP contribution in [0.25, 0.3) is 0 Å². The summed E-state index contributed by atoms with van der Waals surface area (Å²) in [4.78, 5) is 35.9. The van der Waals surface area contributed by atoms with Crippen LogP contribution in [0.15, 0.2) is 30.3 Å². The first-order chi connectivity index (χ1) is 12.3. The van der Waals surface area contributed by atoms with E-state index in [2.05, 4.69) is 10.6 Å². The van der Waals surface area contributed by atoms with E-state index in [-0.39, 0.29) is 18.4 Å². The number of rotatable bonds is 9. The Hall–Kier alpha value is -2.57. The van der Waals surface area contributed by atoms with Crippen LogP contribution in [0, 0.1) is 11.8 Å². The van der Waals surface area contributed by atoms with Gasteiger partial charge in [0.1, 0.15) is 18.7 Å². The molecule has 1 aromatic carbocycles. The number of carbonyl (C=O) groups excluding carboxylic acids is 2. The van der Waals surface area contributed by atoms with Gasteiger partial charge < -0.3 is 20.5 Å². The minimum Gasteiger partial charge on any atom is -0.480 e. The Morgan fingerprint density at radius 3 is 2.15 bits per heavy atom. The minimum absolute atomic E-state index is 0.0870. The zero-order chi connectivity index (χ0) is 19.7. The third-order valence-corrected chi connectivity index (χ3v) is 4.21. The summed E-state index contributed by atoms with van der Waals surface area (Å²) in [5, 5.41) is 14.4. The van der Waals surface area contributed by atoms with Crippen molar-refractivity contribution in [1.29, 1.82) is 0 Å². The topological polar surface area (TPSA) is 105 Å². The normalized spacial score (nSPS) is 14.2. The molecule has 2 amide bonds. The second kappa shape index (κ2) is 10.4. The van der Waals surface area contributed by atoms with E-state index in [1.54, 1.807) is 20.8 Å². The molecule has 0 aromatic heterocycles. The quantitative estimate of drug-likeness (QED) is 0.625. The van der Waals surface area contributed by atoms with E-state index in [1.165, 1.54) is 0 Å². The molecule has 7 heteroatoms. The number of carboxylic acids is 1. The van der Waals surface area contributed by atoms with E-state index in [4.69, 9.17) is 4.74 Å². The van der Waals surface area contributed by atoms with Gasteiger partial charge in [-0.2, -0.15) is 0 Å². The van der Waals surface area contributed by atoms with Gasteiger partial charge in [-0.1, -0.05) is 64.4 Å². The zero-order valence-electron chi connectivity index (χ0n) is 15.7. The van der Waals surface area contributed by atoms with Gasteiger partial charge in [-0.05, 0) is 17.4 Å². The highest BCUT2D eigenvalue weighted by atomic mass is 16.5. The fourth-order valence-electron chi connectivity index (χ4n) is 2.35. The van der Waals surface area contributed by atoms with Crippen LogP contribution in [-0.2, 0) is 20.9 Å². The van der Waals surface area contributed by atoms with E-state index in [9.17, 15) is 19.5 Å². The summed E-state index contributed by atoms with van der Waals surface area (Å²) in [5.74, 6) is -2.09. The molecule has 144 valence electrons. The standard InChI is InChI=1S/C19H28N2O5/c1-5-13(4)16(18(23)24)20-17(22)15(12(2)3)21-19(25)26-11-14-9-7-6-8-10-14/h6-10,12-13,15-16H,5,11H2,1-4H3,(H,20,22)(H,21,25)(H,23,24)/t13-,15-,16-/m0/s1. The van der Waals surface area contributed by atoms with Gasteiger partial charge in [0.2, 0.25) is 5.91 Å². The van der Waals surface area contributed by atoms with Crippen molar-refractivity contribution in [1.82, 2.24) is 10.6 Å². The fourth-order valence-corrected chi connectivity index (χ4v) is 2.35. The minimum atomic E-state index is -1.10. The van der Waals surface area contributed by atoms with Crippen molar-refractivity contribution in [3.05, 3.63) is 35.9 Å². The van der Waals surface area contributed by atoms with Crippen molar-refractivity contribution in [3.63, 3.8) is 0 Å². The first-order valence-corrected chi connectivity index (χ1v) is 8.76. The third kappa shape index (κ3) is 6.74. The number of ether oxygens (including phenoxy) is 1. The number of benzene rings is 1. The first kappa shape index (κ1) is 21.5. The molecule has 3 atom stereocenters. The Labute approximate surface area is 154 Å². The molecule has 0 heterocycles.